The molecule has 3 heterocycles. The van der Waals surface area contributed by atoms with Crippen molar-refractivity contribution in [3.8, 4) is 28.5 Å². The first-order valence-corrected chi connectivity index (χ1v) is 10.7. The quantitative estimate of drug-likeness (QED) is 0.354. The van der Waals surface area contributed by atoms with Crippen LogP contribution in [0.2, 0.25) is 0 Å². The number of nitrogens with zero attached hydrogens (tertiary/aromatic N) is 6. The Morgan fingerprint density at radius 3 is 2.42 bits per heavy atom. The van der Waals surface area contributed by atoms with Gasteiger partial charge in [0.1, 0.15) is 0 Å². The fraction of sp³-hybridized carbons (Fsp3) is 0.0870. The van der Waals surface area contributed by atoms with Crippen LogP contribution in [0.15, 0.2) is 88.8 Å². The van der Waals surface area contributed by atoms with Gasteiger partial charge >= 0.3 is 0 Å². The van der Waals surface area contributed by atoms with Gasteiger partial charge < -0.3 is 4.52 Å². The zero-order valence-electron chi connectivity index (χ0n) is 16.7. The number of benzene rings is 2. The van der Waals surface area contributed by atoms with E-state index in [0.29, 0.717) is 17.5 Å². The summed E-state index contributed by atoms with van der Waals surface area (Å²) in [6, 6.07) is 21.9. The largest absolute Gasteiger partial charge is 0.334 e. The fourth-order valence-corrected chi connectivity index (χ4v) is 3.91. The van der Waals surface area contributed by atoms with Crippen molar-refractivity contribution in [3.05, 3.63) is 90.5 Å². The number of aryl methyl sites for hydroxylation is 1. The van der Waals surface area contributed by atoms with Gasteiger partial charge in [0, 0.05) is 29.2 Å². The molecule has 5 rings (SSSR count). The van der Waals surface area contributed by atoms with E-state index in [-0.39, 0.29) is 0 Å². The minimum atomic E-state index is 0.511. The maximum atomic E-state index is 5.44. The van der Waals surface area contributed by atoms with E-state index in [2.05, 4.69) is 25.3 Å². The van der Waals surface area contributed by atoms with Gasteiger partial charge in [-0.2, -0.15) is 4.98 Å². The summed E-state index contributed by atoms with van der Waals surface area (Å²) in [5, 5.41) is 13.7. The molecule has 0 aliphatic heterocycles. The minimum Gasteiger partial charge on any atom is -0.334 e. The Labute approximate surface area is 183 Å². The summed E-state index contributed by atoms with van der Waals surface area (Å²) in [7, 11) is 0. The normalized spacial score (nSPS) is 11.0. The predicted molar refractivity (Wildman–Crippen MR) is 119 cm³/mol. The summed E-state index contributed by atoms with van der Waals surface area (Å²) in [6.07, 6.45) is 3.50. The summed E-state index contributed by atoms with van der Waals surface area (Å²) in [5.74, 6) is 2.38. The van der Waals surface area contributed by atoms with Crippen molar-refractivity contribution >= 4 is 11.8 Å². The summed E-state index contributed by atoms with van der Waals surface area (Å²) >= 11 is 1.51. The van der Waals surface area contributed by atoms with Gasteiger partial charge in [0.25, 0.3) is 5.89 Å². The molecule has 0 bridgehead atoms. The molecule has 0 radical (unpaired) electrons. The van der Waals surface area contributed by atoms with Crippen LogP contribution in [-0.2, 0) is 5.75 Å². The van der Waals surface area contributed by atoms with Crippen molar-refractivity contribution in [2.45, 2.75) is 17.8 Å². The average molecular weight is 427 g/mol. The van der Waals surface area contributed by atoms with Crippen molar-refractivity contribution in [2.24, 2.45) is 0 Å². The second-order valence-corrected chi connectivity index (χ2v) is 7.83. The molecule has 0 fully saturated rings. The Balaban J connectivity index is 1.42. The third-order valence-corrected chi connectivity index (χ3v) is 5.61. The van der Waals surface area contributed by atoms with E-state index in [4.69, 9.17) is 4.52 Å². The van der Waals surface area contributed by atoms with Crippen LogP contribution in [0.1, 0.15) is 11.4 Å². The molecule has 0 aliphatic carbocycles. The van der Waals surface area contributed by atoms with Crippen LogP contribution in [0.3, 0.4) is 0 Å². The van der Waals surface area contributed by atoms with Crippen LogP contribution in [0.25, 0.3) is 28.5 Å². The van der Waals surface area contributed by atoms with Gasteiger partial charge in [-0.05, 0) is 43.3 Å². The Kier molecular flexibility index (Phi) is 5.28. The highest BCUT2D eigenvalue weighted by atomic mass is 32.2. The Morgan fingerprint density at radius 2 is 1.65 bits per heavy atom. The highest BCUT2D eigenvalue weighted by Crippen LogP contribution is 2.29. The molecule has 2 aromatic carbocycles. The third kappa shape index (κ3) is 4.10. The van der Waals surface area contributed by atoms with E-state index in [1.165, 1.54) is 17.3 Å². The second kappa shape index (κ2) is 8.53. The zero-order chi connectivity index (χ0) is 21.0. The van der Waals surface area contributed by atoms with Crippen LogP contribution >= 0.6 is 11.8 Å². The molecule has 5 aromatic rings. The molecule has 31 heavy (non-hydrogen) atoms. The summed E-state index contributed by atoms with van der Waals surface area (Å²) in [4.78, 5) is 8.63. The molecule has 0 saturated carbocycles. The summed E-state index contributed by atoms with van der Waals surface area (Å²) in [6.45, 7) is 2.04. The number of thioether (sulfide) groups is 1. The topological polar surface area (TPSA) is 82.5 Å². The lowest BCUT2D eigenvalue weighted by molar-refractivity contribution is 0.425. The Morgan fingerprint density at radius 1 is 0.871 bits per heavy atom. The smallest absolute Gasteiger partial charge is 0.257 e. The van der Waals surface area contributed by atoms with Gasteiger partial charge in [-0.15, -0.1) is 10.2 Å². The number of rotatable bonds is 6. The Hall–Kier alpha value is -3.78. The predicted octanol–water partition coefficient (Wildman–Crippen LogP) is 4.98. The van der Waals surface area contributed by atoms with Gasteiger partial charge in [-0.1, -0.05) is 52.8 Å². The maximum Gasteiger partial charge on any atom is 0.257 e. The van der Waals surface area contributed by atoms with Crippen molar-refractivity contribution in [3.63, 3.8) is 0 Å². The zero-order valence-corrected chi connectivity index (χ0v) is 17.5. The Bertz CT molecular complexity index is 1280. The van der Waals surface area contributed by atoms with E-state index in [0.717, 1.165) is 27.8 Å². The van der Waals surface area contributed by atoms with Gasteiger partial charge in [0.2, 0.25) is 0 Å². The summed E-state index contributed by atoms with van der Waals surface area (Å²) in [5.41, 5.74) is 4.01. The van der Waals surface area contributed by atoms with E-state index in [1.807, 2.05) is 78.2 Å². The van der Waals surface area contributed by atoms with E-state index in [1.54, 1.807) is 12.4 Å². The number of pyridine rings is 1. The lowest BCUT2D eigenvalue weighted by Crippen LogP contribution is -2.00. The molecule has 0 atom stereocenters. The third-order valence-electron chi connectivity index (χ3n) is 4.68. The minimum absolute atomic E-state index is 0.511. The first-order valence-electron chi connectivity index (χ1n) is 9.71. The molecule has 0 spiro atoms. The van der Waals surface area contributed by atoms with Crippen LogP contribution in [-0.4, -0.2) is 29.9 Å². The van der Waals surface area contributed by atoms with Crippen molar-refractivity contribution in [2.75, 3.05) is 0 Å². The number of para-hydroxylation sites is 1. The first kappa shape index (κ1) is 19.2. The van der Waals surface area contributed by atoms with Crippen molar-refractivity contribution in [1.29, 1.82) is 0 Å². The van der Waals surface area contributed by atoms with Crippen LogP contribution < -0.4 is 0 Å². The van der Waals surface area contributed by atoms with Gasteiger partial charge in [-0.25, -0.2) is 0 Å². The summed E-state index contributed by atoms with van der Waals surface area (Å²) < 4.78 is 7.47. The van der Waals surface area contributed by atoms with Gasteiger partial charge in [0.15, 0.2) is 16.8 Å². The molecule has 152 valence electrons. The highest BCUT2D eigenvalue weighted by Gasteiger charge is 2.17. The number of hydrogen-bond acceptors (Lipinski definition) is 7. The molecule has 3 aromatic heterocycles. The fourth-order valence-electron chi connectivity index (χ4n) is 3.12. The van der Waals surface area contributed by atoms with Crippen molar-refractivity contribution in [1.82, 2.24) is 29.9 Å². The molecule has 0 aliphatic rings. The molecular weight excluding hydrogens is 408 g/mol. The number of aromatic nitrogens is 6. The molecular formula is C23H18N6OS. The lowest BCUT2D eigenvalue weighted by atomic mass is 10.1. The van der Waals surface area contributed by atoms with Gasteiger partial charge in [-0.3, -0.25) is 9.55 Å². The standard InChI is InChI=1S/C23H18N6OS/c1-16-7-9-18(10-8-16)22-25-20(28-30-22)15-31-23-27-26-21(17-11-13-24-14-12-17)29(23)19-5-3-2-4-6-19/h2-14H,15H2,1H3. The average Bonchev–Trinajstić information content (AvgIpc) is 3.47. The maximum absolute atomic E-state index is 5.44. The van der Waals surface area contributed by atoms with Crippen LogP contribution in [0.5, 0.6) is 0 Å². The monoisotopic (exact) mass is 426 g/mol. The van der Waals surface area contributed by atoms with Crippen molar-refractivity contribution < 1.29 is 4.52 Å². The molecule has 0 N–H and O–H groups in total. The second-order valence-electron chi connectivity index (χ2n) is 6.88. The molecule has 0 saturated heterocycles. The SMILES string of the molecule is Cc1ccc(-c2nc(CSc3nnc(-c4ccncc4)n3-c3ccccc3)no2)cc1. The molecule has 8 heteroatoms. The molecule has 0 amide bonds. The van der Waals surface area contributed by atoms with Gasteiger partial charge in [0.05, 0.1) is 5.75 Å². The first-order chi connectivity index (χ1) is 15.3. The van der Waals surface area contributed by atoms with Crippen LogP contribution in [0, 0.1) is 6.92 Å². The highest BCUT2D eigenvalue weighted by molar-refractivity contribution is 7.98. The number of hydrogen-bond donors (Lipinski definition) is 0. The lowest BCUT2D eigenvalue weighted by Gasteiger charge is -2.09. The van der Waals surface area contributed by atoms with Crippen LogP contribution in [0.4, 0.5) is 0 Å². The van der Waals surface area contributed by atoms with E-state index < -0.39 is 0 Å². The van der Waals surface area contributed by atoms with E-state index in [9.17, 15) is 0 Å². The van der Waals surface area contributed by atoms with E-state index >= 15 is 0 Å². The molecule has 7 nitrogen and oxygen atoms in total. The molecule has 0 unspecified atom stereocenters.